The number of rotatable bonds is 7. The molecular formula is C16H24N2O3. The first-order valence-electron chi connectivity index (χ1n) is 7.59. The highest BCUT2D eigenvalue weighted by atomic mass is 16.3. The molecule has 0 bridgehead atoms. The molecule has 1 heterocycles. The third-order valence-corrected chi connectivity index (χ3v) is 3.92. The van der Waals surface area contributed by atoms with Crippen LogP contribution in [0.5, 0.6) is 5.75 Å². The molecule has 116 valence electrons. The van der Waals surface area contributed by atoms with Crippen LogP contribution < -0.4 is 5.32 Å². The molecule has 3 N–H and O–H groups in total. The van der Waals surface area contributed by atoms with Gasteiger partial charge in [0.25, 0.3) is 0 Å². The van der Waals surface area contributed by atoms with E-state index < -0.39 is 6.10 Å². The number of para-hydroxylation sites is 1. The molecule has 1 aromatic carbocycles. The normalized spacial score (nSPS) is 18.0. The van der Waals surface area contributed by atoms with Crippen molar-refractivity contribution in [2.75, 3.05) is 19.6 Å². The summed E-state index contributed by atoms with van der Waals surface area (Å²) >= 11 is 0. The van der Waals surface area contributed by atoms with Crippen molar-refractivity contribution >= 4 is 5.91 Å². The van der Waals surface area contributed by atoms with Crippen molar-refractivity contribution in [3.05, 3.63) is 29.8 Å². The van der Waals surface area contributed by atoms with Gasteiger partial charge < -0.3 is 20.4 Å². The van der Waals surface area contributed by atoms with Crippen molar-refractivity contribution in [2.24, 2.45) is 0 Å². The van der Waals surface area contributed by atoms with Crippen molar-refractivity contribution in [2.45, 2.75) is 38.3 Å². The predicted octanol–water partition coefficient (Wildman–Crippen LogP) is 1.42. The second-order valence-corrected chi connectivity index (χ2v) is 5.53. The second kappa shape index (κ2) is 7.43. The van der Waals surface area contributed by atoms with E-state index in [2.05, 4.69) is 5.32 Å². The fourth-order valence-corrected chi connectivity index (χ4v) is 2.75. The van der Waals surface area contributed by atoms with Gasteiger partial charge in [-0.1, -0.05) is 25.1 Å². The number of aliphatic hydroxyl groups is 1. The van der Waals surface area contributed by atoms with E-state index >= 15 is 0 Å². The number of benzene rings is 1. The van der Waals surface area contributed by atoms with Gasteiger partial charge in [0.15, 0.2) is 0 Å². The first kappa shape index (κ1) is 15.8. The number of amides is 1. The number of carbonyl (C=O) groups excluding carboxylic acids is 1. The number of phenols is 1. The number of hydrogen-bond acceptors (Lipinski definition) is 4. The Kier molecular flexibility index (Phi) is 5.59. The van der Waals surface area contributed by atoms with E-state index in [1.807, 2.05) is 19.1 Å². The Bertz CT molecular complexity index is 478. The Morgan fingerprint density at radius 1 is 1.38 bits per heavy atom. The van der Waals surface area contributed by atoms with E-state index in [9.17, 15) is 15.0 Å². The van der Waals surface area contributed by atoms with Crippen molar-refractivity contribution in [1.82, 2.24) is 10.2 Å². The summed E-state index contributed by atoms with van der Waals surface area (Å²) in [5.41, 5.74) is 0.837. The largest absolute Gasteiger partial charge is 0.508 e. The quantitative estimate of drug-likeness (QED) is 0.710. The number of phenolic OH excluding ortho intramolecular Hbond substituents is 1. The Morgan fingerprint density at radius 2 is 2.14 bits per heavy atom. The first-order chi connectivity index (χ1) is 10.1. The van der Waals surface area contributed by atoms with Crippen molar-refractivity contribution < 1.29 is 15.0 Å². The van der Waals surface area contributed by atoms with Crippen LogP contribution in [0.4, 0.5) is 0 Å². The molecule has 0 saturated carbocycles. The average Bonchev–Trinajstić information content (AvgIpc) is 2.86. The van der Waals surface area contributed by atoms with Gasteiger partial charge in [-0.15, -0.1) is 0 Å². The molecule has 0 radical (unpaired) electrons. The standard InChI is InChI=1S/C16H24N2O3/c1-2-14(13-6-3-4-7-15(13)20)17-10-12(19)11-18-9-5-8-16(18)21/h3-4,6-7,12,14,17,19-20H,2,5,8-11H2,1H3. The molecular weight excluding hydrogens is 268 g/mol. The van der Waals surface area contributed by atoms with Crippen LogP contribution >= 0.6 is 0 Å². The van der Waals surface area contributed by atoms with E-state index in [0.29, 0.717) is 19.5 Å². The molecule has 1 aliphatic heterocycles. The van der Waals surface area contributed by atoms with E-state index in [0.717, 1.165) is 24.9 Å². The zero-order valence-corrected chi connectivity index (χ0v) is 12.5. The van der Waals surface area contributed by atoms with Crippen molar-refractivity contribution in [3.63, 3.8) is 0 Å². The van der Waals surface area contributed by atoms with Gasteiger partial charge >= 0.3 is 0 Å². The lowest BCUT2D eigenvalue weighted by atomic mass is 10.0. The lowest BCUT2D eigenvalue weighted by molar-refractivity contribution is -0.128. The summed E-state index contributed by atoms with van der Waals surface area (Å²) in [6, 6.07) is 7.22. The topological polar surface area (TPSA) is 72.8 Å². The van der Waals surface area contributed by atoms with Crippen molar-refractivity contribution in [3.8, 4) is 5.75 Å². The molecule has 1 aliphatic rings. The van der Waals surface area contributed by atoms with Gasteiger partial charge in [0.2, 0.25) is 5.91 Å². The van der Waals surface area contributed by atoms with Crippen LogP contribution in [0.15, 0.2) is 24.3 Å². The number of β-amino-alcohol motifs (C(OH)–C–C–N with tert-alkyl or cyclic N) is 1. The molecule has 5 heteroatoms. The number of carbonyl (C=O) groups is 1. The highest BCUT2D eigenvalue weighted by molar-refractivity contribution is 5.78. The molecule has 1 aromatic rings. The van der Waals surface area contributed by atoms with Gasteiger partial charge in [0.05, 0.1) is 6.10 Å². The minimum atomic E-state index is -0.591. The molecule has 1 fully saturated rings. The van der Waals surface area contributed by atoms with Gasteiger partial charge in [-0.3, -0.25) is 4.79 Å². The molecule has 1 saturated heterocycles. The molecule has 0 spiro atoms. The van der Waals surface area contributed by atoms with E-state index in [1.54, 1.807) is 17.0 Å². The fourth-order valence-electron chi connectivity index (χ4n) is 2.75. The summed E-state index contributed by atoms with van der Waals surface area (Å²) in [7, 11) is 0. The Labute approximate surface area is 125 Å². The van der Waals surface area contributed by atoms with Gasteiger partial charge in [-0.05, 0) is 18.9 Å². The molecule has 2 rings (SSSR count). The summed E-state index contributed by atoms with van der Waals surface area (Å²) in [5.74, 6) is 0.392. The lowest BCUT2D eigenvalue weighted by Crippen LogP contribution is -2.39. The maximum atomic E-state index is 11.5. The van der Waals surface area contributed by atoms with Crippen LogP contribution in [0, 0.1) is 0 Å². The highest BCUT2D eigenvalue weighted by Crippen LogP contribution is 2.25. The second-order valence-electron chi connectivity index (χ2n) is 5.53. The van der Waals surface area contributed by atoms with Gasteiger partial charge in [-0.25, -0.2) is 0 Å². The molecule has 2 atom stereocenters. The number of hydrogen-bond donors (Lipinski definition) is 3. The average molecular weight is 292 g/mol. The molecule has 2 unspecified atom stereocenters. The smallest absolute Gasteiger partial charge is 0.222 e. The zero-order valence-electron chi connectivity index (χ0n) is 12.5. The molecule has 21 heavy (non-hydrogen) atoms. The summed E-state index contributed by atoms with van der Waals surface area (Å²) < 4.78 is 0. The summed E-state index contributed by atoms with van der Waals surface area (Å²) in [6.45, 7) is 3.55. The number of aliphatic hydroxyl groups excluding tert-OH is 1. The van der Waals surface area contributed by atoms with Gasteiger partial charge in [0.1, 0.15) is 5.75 Å². The minimum Gasteiger partial charge on any atom is -0.508 e. The monoisotopic (exact) mass is 292 g/mol. The third kappa shape index (κ3) is 4.19. The Hall–Kier alpha value is -1.59. The summed E-state index contributed by atoms with van der Waals surface area (Å²) in [6.07, 6.45) is 1.70. The number of nitrogens with zero attached hydrogens (tertiary/aromatic N) is 1. The zero-order chi connectivity index (χ0) is 15.2. The number of aromatic hydroxyl groups is 1. The van der Waals surface area contributed by atoms with E-state index in [4.69, 9.17) is 0 Å². The predicted molar refractivity (Wildman–Crippen MR) is 81.0 cm³/mol. The maximum Gasteiger partial charge on any atom is 0.222 e. The minimum absolute atomic E-state index is 0.00451. The first-order valence-corrected chi connectivity index (χ1v) is 7.59. The number of nitrogens with one attached hydrogen (secondary N) is 1. The highest BCUT2D eigenvalue weighted by Gasteiger charge is 2.23. The van der Waals surface area contributed by atoms with Gasteiger partial charge in [0, 0.05) is 37.7 Å². The Balaban J connectivity index is 1.85. The maximum absolute atomic E-state index is 11.5. The molecule has 1 amide bonds. The molecule has 5 nitrogen and oxygen atoms in total. The van der Waals surface area contributed by atoms with Crippen LogP contribution in [-0.4, -0.2) is 46.8 Å². The van der Waals surface area contributed by atoms with Crippen molar-refractivity contribution in [1.29, 1.82) is 0 Å². The summed E-state index contributed by atoms with van der Waals surface area (Å²) in [5, 5.41) is 23.2. The van der Waals surface area contributed by atoms with Crippen LogP contribution in [-0.2, 0) is 4.79 Å². The Morgan fingerprint density at radius 3 is 2.76 bits per heavy atom. The SMILES string of the molecule is CCC(NCC(O)CN1CCCC1=O)c1ccccc1O. The summed E-state index contributed by atoms with van der Waals surface area (Å²) in [4.78, 5) is 13.2. The van der Waals surface area contributed by atoms with Crippen LogP contribution in [0.2, 0.25) is 0 Å². The fraction of sp³-hybridized carbons (Fsp3) is 0.562. The van der Waals surface area contributed by atoms with E-state index in [-0.39, 0.29) is 17.7 Å². The van der Waals surface area contributed by atoms with Crippen LogP contribution in [0.3, 0.4) is 0 Å². The van der Waals surface area contributed by atoms with E-state index in [1.165, 1.54) is 0 Å². The van der Waals surface area contributed by atoms with Crippen LogP contribution in [0.25, 0.3) is 0 Å². The van der Waals surface area contributed by atoms with Crippen LogP contribution in [0.1, 0.15) is 37.8 Å². The molecule has 0 aliphatic carbocycles. The molecule has 0 aromatic heterocycles. The third-order valence-electron chi connectivity index (χ3n) is 3.92. The number of likely N-dealkylation sites (tertiary alicyclic amines) is 1. The van der Waals surface area contributed by atoms with Gasteiger partial charge in [-0.2, -0.15) is 0 Å². The lowest BCUT2D eigenvalue weighted by Gasteiger charge is -2.23.